The molecule has 0 radical (unpaired) electrons. The number of amides is 2. The number of carbonyl (C=O) groups is 2. The smallest absolute Gasteiger partial charge is 0.326 e. The number of likely N-dealkylation sites (tertiary alicyclic amines) is 1. The van der Waals surface area contributed by atoms with Gasteiger partial charge in [0.25, 0.3) is 0 Å². The van der Waals surface area contributed by atoms with E-state index in [0.717, 1.165) is 4.88 Å². The van der Waals surface area contributed by atoms with Gasteiger partial charge in [0.1, 0.15) is 6.04 Å². The molecular weight excluding hydrogens is 316 g/mol. The number of hydrogen-bond acceptors (Lipinski definition) is 4. The van der Waals surface area contributed by atoms with Crippen molar-refractivity contribution in [2.75, 3.05) is 13.7 Å². The predicted octanol–water partition coefficient (Wildman–Crippen LogP) is 2.35. The molecular formula is C13H17ClN2O4S. The molecule has 21 heavy (non-hydrogen) atoms. The first kappa shape index (κ1) is 16.1. The molecule has 0 aliphatic carbocycles. The molecule has 1 fully saturated rings. The van der Waals surface area contributed by atoms with Gasteiger partial charge in [-0.1, -0.05) is 11.6 Å². The lowest BCUT2D eigenvalue weighted by Gasteiger charge is -2.23. The first-order valence-corrected chi connectivity index (χ1v) is 7.69. The molecule has 1 aromatic heterocycles. The second-order valence-corrected chi connectivity index (χ2v) is 6.66. The molecule has 1 aromatic rings. The fourth-order valence-electron chi connectivity index (χ4n) is 2.33. The molecule has 2 heterocycles. The second kappa shape index (κ2) is 6.64. The number of nitrogens with zero attached hydrogens (tertiary/aromatic N) is 1. The van der Waals surface area contributed by atoms with Crippen LogP contribution >= 0.6 is 22.9 Å². The first-order valence-electron chi connectivity index (χ1n) is 6.50. The van der Waals surface area contributed by atoms with Crippen LogP contribution in [0.3, 0.4) is 0 Å². The monoisotopic (exact) mass is 332 g/mol. The summed E-state index contributed by atoms with van der Waals surface area (Å²) in [5, 5.41) is 12.0. The van der Waals surface area contributed by atoms with Crippen molar-refractivity contribution in [1.29, 1.82) is 0 Å². The molecule has 3 unspecified atom stereocenters. The Hall–Kier alpha value is -1.31. The van der Waals surface area contributed by atoms with Gasteiger partial charge in [-0.2, -0.15) is 0 Å². The number of aliphatic carboxylic acids is 1. The lowest BCUT2D eigenvalue weighted by atomic mass is 10.2. The molecule has 0 bridgehead atoms. The van der Waals surface area contributed by atoms with Crippen LogP contribution in [-0.2, 0) is 9.53 Å². The molecule has 1 saturated heterocycles. The van der Waals surface area contributed by atoms with Gasteiger partial charge in [0.15, 0.2) is 0 Å². The summed E-state index contributed by atoms with van der Waals surface area (Å²) in [6, 6.07) is 2.12. The number of hydrogen-bond donors (Lipinski definition) is 2. The minimum Gasteiger partial charge on any atom is -0.480 e. The van der Waals surface area contributed by atoms with E-state index in [1.165, 1.54) is 23.3 Å². The number of methoxy groups -OCH3 is 1. The fraction of sp³-hybridized carbons (Fsp3) is 0.538. The summed E-state index contributed by atoms with van der Waals surface area (Å²) in [5.74, 6) is -1.02. The Morgan fingerprint density at radius 3 is 2.81 bits per heavy atom. The molecule has 1 aliphatic heterocycles. The van der Waals surface area contributed by atoms with Crippen LogP contribution in [0.5, 0.6) is 0 Å². The first-order chi connectivity index (χ1) is 9.92. The molecule has 2 rings (SSSR count). The molecule has 2 N–H and O–H groups in total. The highest BCUT2D eigenvalue weighted by Crippen LogP contribution is 2.27. The van der Waals surface area contributed by atoms with Crippen LogP contribution in [0.2, 0.25) is 4.34 Å². The Balaban J connectivity index is 2.03. The highest BCUT2D eigenvalue weighted by Gasteiger charge is 2.40. The molecule has 0 spiro atoms. The Morgan fingerprint density at radius 2 is 2.29 bits per heavy atom. The number of carboxylic acid groups (broad SMARTS) is 1. The number of carboxylic acids is 1. The molecule has 6 nitrogen and oxygen atoms in total. The largest absolute Gasteiger partial charge is 0.480 e. The number of carbonyl (C=O) groups excluding carboxylic acids is 1. The summed E-state index contributed by atoms with van der Waals surface area (Å²) in [4.78, 5) is 25.8. The molecule has 3 atom stereocenters. The maximum atomic E-state index is 12.3. The molecule has 1 aliphatic rings. The molecule has 116 valence electrons. The summed E-state index contributed by atoms with van der Waals surface area (Å²) >= 11 is 7.26. The van der Waals surface area contributed by atoms with E-state index >= 15 is 0 Å². The lowest BCUT2D eigenvalue weighted by molar-refractivity contribution is -0.141. The fourth-order valence-corrected chi connectivity index (χ4v) is 3.39. The van der Waals surface area contributed by atoms with Crippen LogP contribution in [0, 0.1) is 0 Å². The highest BCUT2D eigenvalue weighted by atomic mass is 35.5. The molecule has 8 heteroatoms. The number of rotatable bonds is 4. The molecule has 0 saturated carbocycles. The Bertz CT molecular complexity index is 536. The van der Waals surface area contributed by atoms with Crippen molar-refractivity contribution in [3.05, 3.63) is 21.3 Å². The van der Waals surface area contributed by atoms with E-state index in [4.69, 9.17) is 16.3 Å². The maximum absolute atomic E-state index is 12.3. The number of nitrogens with one attached hydrogen (secondary N) is 1. The van der Waals surface area contributed by atoms with Crippen LogP contribution < -0.4 is 5.32 Å². The average molecular weight is 333 g/mol. The van der Waals surface area contributed by atoms with Crippen LogP contribution in [0.15, 0.2) is 12.1 Å². The lowest BCUT2D eigenvalue weighted by Crippen LogP contribution is -2.46. The van der Waals surface area contributed by atoms with E-state index in [9.17, 15) is 14.7 Å². The Labute approximate surface area is 131 Å². The van der Waals surface area contributed by atoms with Crippen molar-refractivity contribution < 1.29 is 19.4 Å². The third kappa shape index (κ3) is 3.66. The zero-order valence-electron chi connectivity index (χ0n) is 11.7. The summed E-state index contributed by atoms with van der Waals surface area (Å²) in [7, 11) is 1.52. The molecule has 0 aromatic carbocycles. The zero-order chi connectivity index (χ0) is 15.6. The van der Waals surface area contributed by atoms with Crippen molar-refractivity contribution in [1.82, 2.24) is 10.2 Å². The van der Waals surface area contributed by atoms with Crippen molar-refractivity contribution >= 4 is 34.9 Å². The number of halogens is 1. The van der Waals surface area contributed by atoms with E-state index in [0.29, 0.717) is 10.8 Å². The predicted molar refractivity (Wildman–Crippen MR) is 79.8 cm³/mol. The van der Waals surface area contributed by atoms with E-state index < -0.39 is 18.0 Å². The summed E-state index contributed by atoms with van der Waals surface area (Å²) in [6.07, 6.45) is 0.0571. The molecule has 2 amide bonds. The van der Waals surface area contributed by atoms with Gasteiger partial charge in [-0.25, -0.2) is 9.59 Å². The van der Waals surface area contributed by atoms with Crippen molar-refractivity contribution in [3.63, 3.8) is 0 Å². The number of thiophene rings is 1. The van der Waals surface area contributed by atoms with Crippen LogP contribution in [0.4, 0.5) is 4.79 Å². The minimum absolute atomic E-state index is 0.231. The van der Waals surface area contributed by atoms with Gasteiger partial charge >= 0.3 is 12.0 Å². The van der Waals surface area contributed by atoms with Gasteiger partial charge in [-0.15, -0.1) is 11.3 Å². The number of urea groups is 1. The highest BCUT2D eigenvalue weighted by molar-refractivity contribution is 7.16. The van der Waals surface area contributed by atoms with Crippen LogP contribution in [0.1, 0.15) is 24.3 Å². The van der Waals surface area contributed by atoms with E-state index in [1.807, 2.05) is 13.0 Å². The standard InChI is InChI=1S/C13H17ClN2O4S/c1-7(10-3-4-11(14)21-10)15-13(19)16-6-8(20-2)5-9(16)12(17)18/h3-4,7-9H,5-6H2,1-2H3,(H,15,19)(H,17,18). The Morgan fingerprint density at radius 1 is 1.57 bits per heavy atom. The zero-order valence-corrected chi connectivity index (χ0v) is 13.3. The van der Waals surface area contributed by atoms with Gasteiger partial charge in [-0.05, 0) is 19.1 Å². The van der Waals surface area contributed by atoms with Crippen molar-refractivity contribution in [2.24, 2.45) is 0 Å². The summed E-state index contributed by atoms with van der Waals surface area (Å²) in [5.41, 5.74) is 0. The SMILES string of the molecule is COC1CC(C(=O)O)N(C(=O)NC(C)c2ccc(Cl)s2)C1. The third-order valence-electron chi connectivity index (χ3n) is 3.50. The van der Waals surface area contributed by atoms with Gasteiger partial charge in [-0.3, -0.25) is 0 Å². The minimum atomic E-state index is -1.02. The van der Waals surface area contributed by atoms with E-state index in [2.05, 4.69) is 5.32 Å². The normalized spacial score (nSPS) is 23.1. The topological polar surface area (TPSA) is 78.9 Å². The Kier molecular flexibility index (Phi) is 5.08. The maximum Gasteiger partial charge on any atom is 0.326 e. The van der Waals surface area contributed by atoms with Crippen LogP contribution in [0.25, 0.3) is 0 Å². The summed E-state index contributed by atoms with van der Waals surface area (Å²) < 4.78 is 5.81. The van der Waals surface area contributed by atoms with Crippen molar-refractivity contribution in [3.8, 4) is 0 Å². The van der Waals surface area contributed by atoms with E-state index in [1.54, 1.807) is 6.07 Å². The van der Waals surface area contributed by atoms with Crippen molar-refractivity contribution in [2.45, 2.75) is 31.5 Å². The average Bonchev–Trinajstić information content (AvgIpc) is 3.04. The van der Waals surface area contributed by atoms with E-state index in [-0.39, 0.29) is 18.7 Å². The van der Waals surface area contributed by atoms with Gasteiger partial charge in [0.05, 0.1) is 16.5 Å². The summed E-state index contributed by atoms with van der Waals surface area (Å²) in [6.45, 7) is 2.11. The quantitative estimate of drug-likeness (QED) is 0.887. The number of ether oxygens (including phenoxy) is 1. The van der Waals surface area contributed by atoms with Crippen LogP contribution in [-0.4, -0.2) is 47.8 Å². The third-order valence-corrected chi connectivity index (χ3v) is 4.92. The van der Waals surface area contributed by atoms with Gasteiger partial charge in [0.2, 0.25) is 0 Å². The van der Waals surface area contributed by atoms with Gasteiger partial charge < -0.3 is 20.1 Å². The van der Waals surface area contributed by atoms with Gasteiger partial charge in [0, 0.05) is 25.0 Å². The second-order valence-electron chi connectivity index (χ2n) is 4.91.